The fourth-order valence-electron chi connectivity index (χ4n) is 3.94. The summed E-state index contributed by atoms with van der Waals surface area (Å²) in [5, 5.41) is 21.4. The first-order valence-electron chi connectivity index (χ1n) is 9.04. The lowest BCUT2D eigenvalue weighted by molar-refractivity contribution is -0.208. The van der Waals surface area contributed by atoms with Gasteiger partial charge in [-0.2, -0.15) is 0 Å². The summed E-state index contributed by atoms with van der Waals surface area (Å²) in [4.78, 5) is 24.5. The van der Waals surface area contributed by atoms with Crippen LogP contribution >= 0.6 is 0 Å². The van der Waals surface area contributed by atoms with Crippen LogP contribution in [0.25, 0.3) is 0 Å². The number of allylic oxidation sites excluding steroid dienone is 1. The van der Waals surface area contributed by atoms with Crippen LogP contribution < -0.4 is 0 Å². The van der Waals surface area contributed by atoms with Crippen molar-refractivity contribution in [2.75, 3.05) is 0 Å². The molecule has 148 valence electrons. The summed E-state index contributed by atoms with van der Waals surface area (Å²) >= 11 is 0. The average molecular weight is 378 g/mol. The van der Waals surface area contributed by atoms with E-state index in [0.717, 1.165) is 0 Å². The lowest BCUT2D eigenvalue weighted by atomic mass is 9.80. The second kappa shape index (κ2) is 6.58. The molecule has 3 aliphatic rings. The Labute approximate surface area is 158 Å². The van der Waals surface area contributed by atoms with Crippen molar-refractivity contribution in [1.29, 1.82) is 0 Å². The van der Waals surface area contributed by atoms with Crippen molar-refractivity contribution in [3.63, 3.8) is 0 Å². The maximum atomic E-state index is 12.4. The van der Waals surface area contributed by atoms with E-state index in [1.165, 1.54) is 0 Å². The van der Waals surface area contributed by atoms with Crippen LogP contribution in [-0.4, -0.2) is 51.9 Å². The van der Waals surface area contributed by atoms with Gasteiger partial charge in [-0.05, 0) is 39.3 Å². The van der Waals surface area contributed by atoms with E-state index in [1.807, 2.05) is 0 Å². The summed E-state index contributed by atoms with van der Waals surface area (Å²) in [6, 6.07) is 0. The predicted octanol–water partition coefficient (Wildman–Crippen LogP) is 1.54. The van der Waals surface area contributed by atoms with Crippen molar-refractivity contribution in [3.8, 4) is 0 Å². The molecular weight excluding hydrogens is 352 g/mol. The van der Waals surface area contributed by atoms with Crippen LogP contribution in [0.2, 0.25) is 0 Å². The van der Waals surface area contributed by atoms with Gasteiger partial charge in [0, 0.05) is 24.0 Å². The summed E-state index contributed by atoms with van der Waals surface area (Å²) in [6.07, 6.45) is 0.753. The Morgan fingerprint density at radius 2 is 2.11 bits per heavy atom. The number of rotatable bonds is 2. The molecule has 2 bridgehead atoms. The lowest BCUT2D eigenvalue weighted by Crippen LogP contribution is -2.44. The van der Waals surface area contributed by atoms with Gasteiger partial charge in [0.15, 0.2) is 5.79 Å². The third kappa shape index (κ3) is 3.24. The predicted molar refractivity (Wildman–Crippen MR) is 95.3 cm³/mol. The van der Waals surface area contributed by atoms with Crippen molar-refractivity contribution in [2.45, 2.75) is 70.2 Å². The van der Waals surface area contributed by atoms with Crippen LogP contribution in [0.3, 0.4) is 0 Å². The molecule has 2 fully saturated rings. The molecule has 3 heterocycles. The maximum Gasteiger partial charge on any atom is 0.334 e. The fourth-order valence-corrected chi connectivity index (χ4v) is 3.94. The number of aliphatic hydroxyl groups is 2. The zero-order chi connectivity index (χ0) is 20.1. The van der Waals surface area contributed by atoms with Crippen LogP contribution in [0, 0.1) is 5.92 Å². The van der Waals surface area contributed by atoms with Gasteiger partial charge in [-0.25, -0.2) is 9.59 Å². The first-order chi connectivity index (χ1) is 12.5. The highest BCUT2D eigenvalue weighted by Crippen LogP contribution is 2.48. The Morgan fingerprint density at radius 3 is 2.74 bits per heavy atom. The van der Waals surface area contributed by atoms with Gasteiger partial charge in [0.2, 0.25) is 0 Å². The molecule has 2 saturated heterocycles. The second-order valence-corrected chi connectivity index (χ2v) is 7.81. The average Bonchev–Trinajstić information content (AvgIpc) is 2.99. The molecule has 0 saturated carbocycles. The molecule has 0 aromatic carbocycles. The number of aliphatic hydroxyl groups excluding tert-OH is 1. The van der Waals surface area contributed by atoms with Crippen molar-refractivity contribution in [2.24, 2.45) is 5.92 Å². The monoisotopic (exact) mass is 378 g/mol. The number of carbonyl (C=O) groups is 2. The van der Waals surface area contributed by atoms with E-state index in [9.17, 15) is 19.8 Å². The van der Waals surface area contributed by atoms with Crippen LogP contribution in [0.1, 0.15) is 40.5 Å². The molecule has 0 aliphatic carbocycles. The molecule has 3 rings (SSSR count). The molecule has 0 amide bonds. The van der Waals surface area contributed by atoms with Gasteiger partial charge >= 0.3 is 11.9 Å². The summed E-state index contributed by atoms with van der Waals surface area (Å²) in [5.41, 5.74) is -0.120. The summed E-state index contributed by atoms with van der Waals surface area (Å²) < 4.78 is 17.0. The first kappa shape index (κ1) is 19.8. The van der Waals surface area contributed by atoms with Gasteiger partial charge in [-0.1, -0.05) is 12.7 Å². The molecule has 0 aromatic heterocycles. The van der Waals surface area contributed by atoms with Gasteiger partial charge in [0.25, 0.3) is 0 Å². The van der Waals surface area contributed by atoms with Crippen molar-refractivity contribution < 1.29 is 34.0 Å². The minimum Gasteiger partial charge on any atom is -0.458 e. The van der Waals surface area contributed by atoms with Crippen molar-refractivity contribution in [1.82, 2.24) is 0 Å². The molecule has 27 heavy (non-hydrogen) atoms. The van der Waals surface area contributed by atoms with Crippen molar-refractivity contribution >= 4 is 11.9 Å². The molecule has 3 aliphatic heterocycles. The smallest absolute Gasteiger partial charge is 0.334 e. The Morgan fingerprint density at radius 1 is 1.44 bits per heavy atom. The van der Waals surface area contributed by atoms with Gasteiger partial charge in [0.05, 0.1) is 17.6 Å². The highest BCUT2D eigenvalue weighted by atomic mass is 16.7. The highest BCUT2D eigenvalue weighted by Gasteiger charge is 2.58. The van der Waals surface area contributed by atoms with Gasteiger partial charge in [-0.15, -0.1) is 0 Å². The van der Waals surface area contributed by atoms with E-state index in [1.54, 1.807) is 39.8 Å². The Balaban J connectivity index is 2.07. The highest BCUT2D eigenvalue weighted by molar-refractivity contribution is 5.92. The molecule has 6 atom stereocenters. The zero-order valence-electron chi connectivity index (χ0n) is 16.0. The van der Waals surface area contributed by atoms with Crippen LogP contribution in [-0.2, 0) is 23.8 Å². The maximum absolute atomic E-state index is 12.4. The Kier molecular flexibility index (Phi) is 4.82. The Hall–Kier alpha value is -1.96. The van der Waals surface area contributed by atoms with E-state index in [0.29, 0.717) is 11.1 Å². The molecule has 0 spiro atoms. The second-order valence-electron chi connectivity index (χ2n) is 7.81. The van der Waals surface area contributed by atoms with E-state index >= 15 is 0 Å². The molecule has 2 N–H and O–H groups in total. The van der Waals surface area contributed by atoms with Crippen molar-refractivity contribution in [3.05, 3.63) is 35.5 Å². The summed E-state index contributed by atoms with van der Waals surface area (Å²) in [7, 11) is 0. The summed E-state index contributed by atoms with van der Waals surface area (Å²) in [6.45, 7) is 10.5. The van der Waals surface area contributed by atoms with E-state index in [-0.39, 0.29) is 18.4 Å². The zero-order valence-corrected chi connectivity index (χ0v) is 16.0. The number of ether oxygens (including phenoxy) is 3. The third-order valence-corrected chi connectivity index (χ3v) is 5.89. The third-order valence-electron chi connectivity index (χ3n) is 5.89. The van der Waals surface area contributed by atoms with Gasteiger partial charge in [-0.3, -0.25) is 0 Å². The number of esters is 2. The van der Waals surface area contributed by atoms with E-state index in [2.05, 4.69) is 6.58 Å². The quantitative estimate of drug-likeness (QED) is 0.427. The Bertz CT molecular complexity index is 751. The number of carbonyl (C=O) groups excluding carboxylic acids is 2. The van der Waals surface area contributed by atoms with E-state index < -0.39 is 47.6 Å². The van der Waals surface area contributed by atoms with Crippen LogP contribution in [0.5, 0.6) is 0 Å². The molecule has 6 unspecified atom stereocenters. The lowest BCUT2D eigenvalue weighted by Gasteiger charge is -2.34. The number of fused-ring (bicyclic) bond motifs is 3. The SMILES string of the molecule is C=C1C(=O)OC2/C=C(/C)C3(O)CC(O)C(C)(CC(OC(=O)/C(C)=C/C)C12)O3. The normalized spacial score (nSPS) is 43.8. The van der Waals surface area contributed by atoms with Gasteiger partial charge < -0.3 is 24.4 Å². The molecule has 7 nitrogen and oxygen atoms in total. The van der Waals surface area contributed by atoms with Gasteiger partial charge in [0.1, 0.15) is 12.2 Å². The number of hydrogen-bond donors (Lipinski definition) is 2. The topological polar surface area (TPSA) is 102 Å². The first-order valence-corrected chi connectivity index (χ1v) is 9.04. The number of hydrogen-bond acceptors (Lipinski definition) is 7. The fraction of sp³-hybridized carbons (Fsp3) is 0.600. The largest absolute Gasteiger partial charge is 0.458 e. The minimum atomic E-state index is -1.67. The van der Waals surface area contributed by atoms with Crippen LogP contribution in [0.4, 0.5) is 0 Å². The molecule has 0 radical (unpaired) electrons. The standard InChI is InChI=1S/C20H26O7/c1-6-10(2)17(22)26-14-8-19(5)15(21)9-20(24,27-19)11(3)7-13-16(14)12(4)18(23)25-13/h6-7,13-16,21,24H,4,8-9H2,1-3,5H3/b10-6+,11-7-. The van der Waals surface area contributed by atoms with Crippen LogP contribution in [0.15, 0.2) is 35.5 Å². The molecule has 7 heteroatoms. The minimum absolute atomic E-state index is 0.0212. The molecular formula is C20H26O7. The van der Waals surface area contributed by atoms with E-state index in [4.69, 9.17) is 14.2 Å². The molecule has 0 aromatic rings. The summed E-state index contributed by atoms with van der Waals surface area (Å²) in [5.74, 6) is -3.39.